The van der Waals surface area contributed by atoms with E-state index in [0.717, 1.165) is 19.3 Å². The van der Waals surface area contributed by atoms with Crippen molar-refractivity contribution in [3.05, 3.63) is 0 Å². The first-order valence-corrected chi connectivity index (χ1v) is 4.96. The van der Waals surface area contributed by atoms with E-state index in [1.165, 1.54) is 0 Å². The molecule has 3 nitrogen and oxygen atoms in total. The first-order chi connectivity index (χ1) is 4.81. The molecule has 0 aliphatic rings. The minimum absolute atomic E-state index is 0.257. The van der Waals surface area contributed by atoms with Gasteiger partial charge >= 0.3 is 0 Å². The molecule has 1 atom stereocenters. The van der Waals surface area contributed by atoms with Gasteiger partial charge in [-0.25, -0.2) is 0 Å². The van der Waals surface area contributed by atoms with Gasteiger partial charge in [0.05, 0.1) is 0 Å². The van der Waals surface area contributed by atoms with E-state index >= 15 is 0 Å². The summed E-state index contributed by atoms with van der Waals surface area (Å²) in [5.74, 6) is 0. The van der Waals surface area contributed by atoms with Gasteiger partial charge < -0.3 is 4.52 Å². The van der Waals surface area contributed by atoms with Crippen LogP contribution in [0.15, 0.2) is 0 Å². The molecule has 0 fully saturated rings. The lowest BCUT2D eigenvalue weighted by Crippen LogP contribution is -1.81. The van der Waals surface area contributed by atoms with Crippen molar-refractivity contribution in [3.8, 4) is 0 Å². The van der Waals surface area contributed by atoms with E-state index in [-0.39, 0.29) is 6.47 Å². The van der Waals surface area contributed by atoms with E-state index in [1.54, 1.807) is 0 Å². The zero-order valence-corrected chi connectivity index (χ0v) is 7.13. The van der Waals surface area contributed by atoms with Crippen LogP contribution in [0.25, 0.3) is 0 Å². The third-order valence-electron chi connectivity index (χ3n) is 1.16. The van der Waals surface area contributed by atoms with Crippen LogP contribution < -0.4 is 0 Å². The first-order valence-electron chi connectivity index (χ1n) is 3.44. The summed E-state index contributed by atoms with van der Waals surface area (Å²) in [5.41, 5.74) is 0. The van der Waals surface area contributed by atoms with Gasteiger partial charge in [-0.3, -0.25) is 9.36 Å². The number of rotatable bonds is 6. The molecule has 0 bridgehead atoms. The smallest absolute Gasteiger partial charge is 0.297 e. The fourth-order valence-corrected chi connectivity index (χ4v) is 1.40. The number of hydrogen-bond donors (Lipinski definition) is 0. The minimum atomic E-state index is -2.03. The van der Waals surface area contributed by atoms with Crippen LogP contribution in [0.2, 0.25) is 0 Å². The van der Waals surface area contributed by atoms with Gasteiger partial charge in [0.25, 0.3) is 6.47 Å². The summed E-state index contributed by atoms with van der Waals surface area (Å²) in [6.45, 7) is 2.32. The van der Waals surface area contributed by atoms with Crippen LogP contribution >= 0.6 is 8.03 Å². The molecule has 0 aliphatic carbocycles. The molecule has 0 heterocycles. The van der Waals surface area contributed by atoms with Crippen molar-refractivity contribution in [1.29, 1.82) is 0 Å². The lowest BCUT2D eigenvalue weighted by atomic mass is 10.3. The van der Waals surface area contributed by atoms with Crippen molar-refractivity contribution < 1.29 is 13.9 Å². The SMILES string of the molecule is CCCCC[PH](=O)OC=O. The van der Waals surface area contributed by atoms with E-state index in [4.69, 9.17) is 0 Å². The Hall–Kier alpha value is -0.300. The van der Waals surface area contributed by atoms with Gasteiger partial charge in [-0.15, -0.1) is 0 Å². The number of carbonyl (C=O) groups excluding carboxylic acids is 1. The molecule has 0 spiro atoms. The zero-order chi connectivity index (χ0) is 7.82. The molecule has 0 radical (unpaired) electrons. The molecule has 10 heavy (non-hydrogen) atoms. The fourth-order valence-electron chi connectivity index (χ4n) is 0.632. The Morgan fingerprint density at radius 1 is 1.50 bits per heavy atom. The quantitative estimate of drug-likeness (QED) is 0.341. The summed E-state index contributed by atoms with van der Waals surface area (Å²) in [7, 11) is -2.03. The van der Waals surface area contributed by atoms with Crippen LogP contribution in [0.5, 0.6) is 0 Å². The van der Waals surface area contributed by atoms with Crippen LogP contribution in [-0.2, 0) is 13.9 Å². The van der Waals surface area contributed by atoms with E-state index < -0.39 is 8.03 Å². The van der Waals surface area contributed by atoms with E-state index in [9.17, 15) is 9.36 Å². The third-order valence-corrected chi connectivity index (χ3v) is 2.28. The Morgan fingerprint density at radius 2 is 2.20 bits per heavy atom. The Balaban J connectivity index is 3.13. The zero-order valence-electron chi connectivity index (χ0n) is 6.13. The maximum atomic E-state index is 10.6. The predicted molar refractivity (Wildman–Crippen MR) is 40.5 cm³/mol. The predicted octanol–water partition coefficient (Wildman–Crippen LogP) is 1.82. The molecule has 0 amide bonds. The Labute approximate surface area is 61.6 Å². The summed E-state index contributed by atoms with van der Waals surface area (Å²) < 4.78 is 14.9. The molecule has 60 valence electrons. The number of unbranched alkanes of at least 4 members (excludes halogenated alkanes) is 2. The monoisotopic (exact) mass is 164 g/mol. The maximum absolute atomic E-state index is 10.6. The third kappa shape index (κ3) is 5.83. The molecular formula is C6H13O3P. The minimum Gasteiger partial charge on any atom is -0.416 e. The van der Waals surface area contributed by atoms with Gasteiger partial charge in [0.15, 0.2) is 0 Å². The largest absolute Gasteiger partial charge is 0.416 e. The highest BCUT2D eigenvalue weighted by Gasteiger charge is 1.96. The Morgan fingerprint density at radius 3 is 2.70 bits per heavy atom. The van der Waals surface area contributed by atoms with E-state index in [1.807, 2.05) is 0 Å². The van der Waals surface area contributed by atoms with E-state index in [2.05, 4.69) is 11.4 Å². The standard InChI is InChI=1S/C6H13O3P/c1-2-3-4-5-10(8)9-6-7/h6,10H,2-5H2,1H3. The highest BCUT2D eigenvalue weighted by atomic mass is 31.1. The van der Waals surface area contributed by atoms with Gasteiger partial charge in [0.1, 0.15) is 0 Å². The molecule has 0 rings (SSSR count). The normalized spacial score (nSPS) is 12.5. The molecular weight excluding hydrogens is 151 g/mol. The molecule has 0 saturated heterocycles. The van der Waals surface area contributed by atoms with Crippen LogP contribution in [0, 0.1) is 0 Å². The topological polar surface area (TPSA) is 43.4 Å². The average molecular weight is 164 g/mol. The van der Waals surface area contributed by atoms with Gasteiger partial charge in [-0.05, 0) is 6.42 Å². The van der Waals surface area contributed by atoms with Crippen LogP contribution in [0.4, 0.5) is 0 Å². The highest BCUT2D eigenvalue weighted by Crippen LogP contribution is 2.22. The van der Waals surface area contributed by atoms with Gasteiger partial charge in [0, 0.05) is 6.16 Å². The van der Waals surface area contributed by atoms with Crippen LogP contribution in [0.3, 0.4) is 0 Å². The molecule has 0 saturated carbocycles. The molecule has 0 aromatic heterocycles. The highest BCUT2D eigenvalue weighted by molar-refractivity contribution is 7.39. The van der Waals surface area contributed by atoms with Gasteiger partial charge in [-0.1, -0.05) is 19.8 Å². The Kier molecular flexibility index (Phi) is 6.61. The van der Waals surface area contributed by atoms with E-state index in [0.29, 0.717) is 6.16 Å². The van der Waals surface area contributed by atoms with Gasteiger partial charge in [-0.2, -0.15) is 0 Å². The van der Waals surface area contributed by atoms with Gasteiger partial charge in [0.2, 0.25) is 8.03 Å². The van der Waals surface area contributed by atoms with Crippen molar-refractivity contribution in [2.45, 2.75) is 26.2 Å². The summed E-state index contributed by atoms with van der Waals surface area (Å²) in [4.78, 5) is 9.65. The fraction of sp³-hybridized carbons (Fsp3) is 0.833. The van der Waals surface area contributed by atoms with Crippen LogP contribution in [0.1, 0.15) is 26.2 Å². The second-order valence-electron chi connectivity index (χ2n) is 2.04. The number of carbonyl (C=O) groups is 1. The van der Waals surface area contributed by atoms with Crippen molar-refractivity contribution in [1.82, 2.24) is 0 Å². The second-order valence-corrected chi connectivity index (χ2v) is 3.52. The lowest BCUT2D eigenvalue weighted by molar-refractivity contribution is -0.120. The first kappa shape index (κ1) is 9.70. The summed E-state index contributed by atoms with van der Waals surface area (Å²) >= 11 is 0. The summed E-state index contributed by atoms with van der Waals surface area (Å²) in [6.07, 6.45) is 3.58. The molecule has 0 aromatic rings. The Bertz CT molecular complexity index is 114. The molecule has 4 heteroatoms. The van der Waals surface area contributed by atoms with Crippen molar-refractivity contribution in [2.24, 2.45) is 0 Å². The summed E-state index contributed by atoms with van der Waals surface area (Å²) in [6, 6.07) is 0. The van der Waals surface area contributed by atoms with Crippen molar-refractivity contribution in [3.63, 3.8) is 0 Å². The molecule has 1 unspecified atom stereocenters. The lowest BCUT2D eigenvalue weighted by Gasteiger charge is -1.96. The maximum Gasteiger partial charge on any atom is 0.297 e. The average Bonchev–Trinajstić information content (AvgIpc) is 1.89. The van der Waals surface area contributed by atoms with Crippen molar-refractivity contribution >= 4 is 14.5 Å². The number of hydrogen-bond acceptors (Lipinski definition) is 3. The van der Waals surface area contributed by atoms with Crippen molar-refractivity contribution in [2.75, 3.05) is 6.16 Å². The summed E-state index contributed by atoms with van der Waals surface area (Å²) in [5, 5.41) is 0. The molecule has 0 N–H and O–H groups in total. The van der Waals surface area contributed by atoms with Crippen LogP contribution in [-0.4, -0.2) is 12.6 Å². The molecule has 0 aromatic carbocycles. The second kappa shape index (κ2) is 6.81. The molecule has 0 aliphatic heterocycles.